The fourth-order valence-corrected chi connectivity index (χ4v) is 6.41. The third-order valence-corrected chi connectivity index (χ3v) is 9.89. The Labute approximate surface area is 295 Å². The van der Waals surface area contributed by atoms with E-state index in [-0.39, 0.29) is 55.1 Å². The molecule has 0 bridgehead atoms. The first-order chi connectivity index (χ1) is 23.7. The number of rotatable bonds is 9. The van der Waals surface area contributed by atoms with E-state index in [2.05, 4.69) is 31.2 Å². The van der Waals surface area contributed by atoms with E-state index >= 15 is 0 Å². The van der Waals surface area contributed by atoms with Crippen molar-refractivity contribution in [3.63, 3.8) is 0 Å². The molecule has 0 radical (unpaired) electrons. The minimum Gasteiger partial charge on any atom is -0.490 e. The van der Waals surface area contributed by atoms with Gasteiger partial charge in [0, 0.05) is 40.9 Å². The van der Waals surface area contributed by atoms with Crippen LogP contribution in [0.2, 0.25) is 5.02 Å². The molecule has 5 aromatic rings. The van der Waals surface area contributed by atoms with Crippen LogP contribution in [0.25, 0.3) is 16.9 Å². The normalized spacial score (nSPS) is 15.4. The SMILES string of the molecule is COc1nccc(-c2ccccc2CNC(=O)c2c3n(c(=O)n2-c2ccc(OC4CC4)cc2)C[C@H](C)N(C(=O)c2ccc(Br)c(Cl)c2)C3)n1. The predicted octanol–water partition coefficient (Wildman–Crippen LogP) is 6.04. The van der Waals surface area contributed by atoms with Gasteiger partial charge in [0.2, 0.25) is 0 Å². The van der Waals surface area contributed by atoms with Crippen molar-refractivity contribution in [2.45, 2.75) is 51.5 Å². The van der Waals surface area contributed by atoms with E-state index in [0.29, 0.717) is 37.9 Å². The van der Waals surface area contributed by atoms with Crippen molar-refractivity contribution in [3.8, 4) is 28.7 Å². The van der Waals surface area contributed by atoms with Gasteiger partial charge in [-0.05, 0) is 89.8 Å². The van der Waals surface area contributed by atoms with Gasteiger partial charge < -0.3 is 19.7 Å². The fourth-order valence-electron chi connectivity index (χ4n) is 5.98. The molecule has 0 spiro atoms. The van der Waals surface area contributed by atoms with Crippen LogP contribution in [0.5, 0.6) is 11.8 Å². The molecular weight excluding hydrogens is 712 g/mol. The van der Waals surface area contributed by atoms with Crippen LogP contribution < -0.4 is 20.5 Å². The van der Waals surface area contributed by atoms with E-state index in [9.17, 15) is 14.4 Å². The van der Waals surface area contributed by atoms with Gasteiger partial charge in [-0.1, -0.05) is 35.9 Å². The van der Waals surface area contributed by atoms with Gasteiger partial charge in [0.05, 0.1) is 41.9 Å². The summed E-state index contributed by atoms with van der Waals surface area (Å²) in [6.45, 7) is 2.27. The van der Waals surface area contributed by atoms with Crippen molar-refractivity contribution < 1.29 is 19.1 Å². The molecule has 1 aliphatic carbocycles. The molecule has 0 unspecified atom stereocenters. The second-order valence-corrected chi connectivity index (χ2v) is 13.3. The number of fused-ring (bicyclic) bond motifs is 1. The van der Waals surface area contributed by atoms with Gasteiger partial charge in [0.25, 0.3) is 11.8 Å². The summed E-state index contributed by atoms with van der Waals surface area (Å²) in [6, 6.07) is 21.4. The maximum Gasteiger partial charge on any atom is 0.333 e. The third kappa shape index (κ3) is 6.58. The van der Waals surface area contributed by atoms with Gasteiger partial charge >= 0.3 is 11.7 Å². The topological polar surface area (TPSA) is 121 Å². The minimum absolute atomic E-state index is 0.0405. The summed E-state index contributed by atoms with van der Waals surface area (Å²) in [7, 11) is 1.50. The van der Waals surface area contributed by atoms with Crippen LogP contribution in [0, 0.1) is 0 Å². The molecule has 1 fully saturated rings. The van der Waals surface area contributed by atoms with Gasteiger partial charge in [-0.15, -0.1) is 0 Å². The summed E-state index contributed by atoms with van der Waals surface area (Å²) < 4.78 is 14.8. The van der Waals surface area contributed by atoms with Crippen molar-refractivity contribution >= 4 is 39.3 Å². The zero-order valence-corrected chi connectivity index (χ0v) is 29.1. The van der Waals surface area contributed by atoms with E-state index in [0.717, 1.165) is 24.0 Å². The quantitative estimate of drug-likeness (QED) is 0.196. The Morgan fingerprint density at radius 1 is 1.06 bits per heavy atom. The summed E-state index contributed by atoms with van der Waals surface area (Å²) >= 11 is 9.70. The van der Waals surface area contributed by atoms with Crippen molar-refractivity contribution in [3.05, 3.63) is 121 Å². The summed E-state index contributed by atoms with van der Waals surface area (Å²) in [5.74, 6) is -0.0193. The number of aromatic nitrogens is 4. The molecule has 11 nitrogen and oxygen atoms in total. The van der Waals surface area contributed by atoms with Crippen molar-refractivity contribution in [2.24, 2.45) is 0 Å². The van der Waals surface area contributed by atoms with Gasteiger partial charge in [-0.2, -0.15) is 4.98 Å². The van der Waals surface area contributed by atoms with E-state index in [1.54, 1.807) is 64.2 Å². The van der Waals surface area contributed by atoms with E-state index in [4.69, 9.17) is 21.1 Å². The Morgan fingerprint density at radius 3 is 2.57 bits per heavy atom. The maximum atomic E-state index is 14.3. The molecule has 1 N–H and O–H groups in total. The molecule has 250 valence electrons. The minimum atomic E-state index is -0.465. The van der Waals surface area contributed by atoms with Crippen LogP contribution in [0.4, 0.5) is 0 Å². The average Bonchev–Trinajstić information content (AvgIpc) is 3.90. The number of methoxy groups -OCH3 is 1. The molecule has 0 saturated heterocycles. The van der Waals surface area contributed by atoms with E-state index in [1.165, 1.54) is 11.7 Å². The number of carbonyl (C=O) groups is 2. The molecule has 3 aromatic carbocycles. The fraction of sp³-hybridized carbons (Fsp3) is 0.250. The molecule has 7 rings (SSSR count). The lowest BCUT2D eigenvalue weighted by Crippen LogP contribution is -2.47. The standard InChI is InChI=1S/C36H32BrClN6O5/c1-21-19-43-31(20-42(21)34(46)22-7-14-28(37)29(38)17-22)32(44(36(43)47)24-8-10-25(11-9-24)49-26-12-13-26)33(45)40-18-23-5-3-4-6-27(23)30-15-16-39-35(41-30)48-2/h3-11,14-17,21,26H,12-13,18-20H2,1-2H3,(H,40,45)/t21-/m0/s1. The van der Waals surface area contributed by atoms with Crippen LogP contribution in [-0.2, 0) is 19.6 Å². The first kappa shape index (κ1) is 32.6. The Morgan fingerprint density at radius 2 is 1.84 bits per heavy atom. The summed E-state index contributed by atoms with van der Waals surface area (Å²) in [6.07, 6.45) is 3.87. The molecule has 1 saturated carbocycles. The largest absolute Gasteiger partial charge is 0.490 e. The number of carbonyl (C=O) groups excluding carboxylic acids is 2. The highest BCUT2D eigenvalue weighted by Crippen LogP contribution is 2.30. The highest BCUT2D eigenvalue weighted by atomic mass is 79.9. The van der Waals surface area contributed by atoms with Crippen LogP contribution in [0.3, 0.4) is 0 Å². The zero-order chi connectivity index (χ0) is 34.2. The molecule has 1 aliphatic heterocycles. The lowest BCUT2D eigenvalue weighted by molar-refractivity contribution is 0.0610. The average molecular weight is 744 g/mol. The second-order valence-electron chi connectivity index (χ2n) is 12.0. The predicted molar refractivity (Wildman–Crippen MR) is 187 cm³/mol. The molecule has 13 heteroatoms. The number of nitrogens with one attached hydrogen (secondary N) is 1. The van der Waals surface area contributed by atoms with Crippen LogP contribution in [0.15, 0.2) is 88.3 Å². The van der Waals surface area contributed by atoms with Gasteiger partial charge in [0.1, 0.15) is 11.4 Å². The number of hydrogen-bond donors (Lipinski definition) is 1. The van der Waals surface area contributed by atoms with E-state index in [1.807, 2.05) is 31.2 Å². The Hall–Kier alpha value is -4.94. The van der Waals surface area contributed by atoms with Gasteiger partial charge in [-0.3, -0.25) is 18.7 Å². The zero-order valence-electron chi connectivity index (χ0n) is 26.7. The van der Waals surface area contributed by atoms with Crippen molar-refractivity contribution in [2.75, 3.05) is 7.11 Å². The van der Waals surface area contributed by atoms with Crippen LogP contribution >= 0.6 is 27.5 Å². The Balaban J connectivity index is 1.25. The van der Waals surface area contributed by atoms with Gasteiger partial charge in [-0.25, -0.2) is 9.78 Å². The van der Waals surface area contributed by atoms with Crippen LogP contribution in [0.1, 0.15) is 51.9 Å². The smallest absolute Gasteiger partial charge is 0.333 e. The number of ether oxygens (including phenoxy) is 2. The Kier molecular flexibility index (Phi) is 9.00. The monoisotopic (exact) mass is 742 g/mol. The van der Waals surface area contributed by atoms with Crippen LogP contribution in [-0.4, -0.2) is 55.1 Å². The van der Waals surface area contributed by atoms with Crippen molar-refractivity contribution in [1.29, 1.82) is 0 Å². The first-order valence-corrected chi connectivity index (χ1v) is 17.0. The third-order valence-electron chi connectivity index (χ3n) is 8.66. The second kappa shape index (κ2) is 13.5. The van der Waals surface area contributed by atoms with E-state index < -0.39 is 5.91 Å². The summed E-state index contributed by atoms with van der Waals surface area (Å²) in [5.41, 5.74) is 3.38. The molecule has 2 amide bonds. The summed E-state index contributed by atoms with van der Waals surface area (Å²) in [4.78, 5) is 52.5. The summed E-state index contributed by atoms with van der Waals surface area (Å²) in [5, 5.41) is 3.45. The maximum absolute atomic E-state index is 14.3. The number of nitrogens with zero attached hydrogens (tertiary/aromatic N) is 5. The Bertz CT molecular complexity index is 2130. The number of amides is 2. The molecule has 1 atom stereocenters. The first-order valence-electron chi connectivity index (χ1n) is 15.8. The highest BCUT2D eigenvalue weighted by Gasteiger charge is 2.35. The molecule has 2 aliphatic rings. The lowest BCUT2D eigenvalue weighted by atomic mass is 10.0. The number of imidazole rings is 1. The molecular formula is C36H32BrClN6O5. The molecule has 49 heavy (non-hydrogen) atoms. The van der Waals surface area contributed by atoms with Crippen molar-refractivity contribution in [1.82, 2.24) is 29.3 Å². The molecule has 3 heterocycles. The number of halogens is 2. The highest BCUT2D eigenvalue weighted by molar-refractivity contribution is 9.10. The lowest BCUT2D eigenvalue weighted by Gasteiger charge is -2.34. The number of hydrogen-bond acceptors (Lipinski definition) is 7. The van der Waals surface area contributed by atoms with Gasteiger partial charge in [0.15, 0.2) is 0 Å². The number of benzene rings is 3. The molecule has 2 aromatic heterocycles.